The highest BCUT2D eigenvalue weighted by atomic mass is 79.9. The Hall–Kier alpha value is 0.0700. The van der Waals surface area contributed by atoms with Crippen molar-refractivity contribution in [3.05, 3.63) is 32.8 Å². The van der Waals surface area contributed by atoms with Gasteiger partial charge in [-0.1, -0.05) is 17.7 Å². The van der Waals surface area contributed by atoms with Gasteiger partial charge in [0.15, 0.2) is 0 Å². The molecule has 0 heterocycles. The maximum atomic E-state index is 12.5. The molecule has 0 N–H and O–H groups in total. The molecule has 0 spiro atoms. The maximum absolute atomic E-state index is 12.5. The summed E-state index contributed by atoms with van der Waals surface area (Å²) in [5.41, 5.74) is -0.893. The summed E-state index contributed by atoms with van der Waals surface area (Å²) < 4.78 is 37.7. The van der Waals surface area contributed by atoms with E-state index in [4.69, 9.17) is 23.2 Å². The van der Waals surface area contributed by atoms with Crippen LogP contribution < -0.4 is 0 Å². The van der Waals surface area contributed by atoms with Gasteiger partial charge in [-0.05, 0) is 27.6 Å². The second-order valence-electron chi connectivity index (χ2n) is 2.53. The first-order valence-electron chi connectivity index (χ1n) is 3.48. The molecule has 1 aromatic rings. The predicted molar refractivity (Wildman–Crippen MR) is 53.7 cm³/mol. The fourth-order valence-corrected chi connectivity index (χ4v) is 1.85. The Balaban J connectivity index is 3.44. The van der Waals surface area contributed by atoms with Crippen molar-refractivity contribution < 1.29 is 13.2 Å². The van der Waals surface area contributed by atoms with Crippen molar-refractivity contribution in [2.24, 2.45) is 0 Å². The zero-order valence-electron chi connectivity index (χ0n) is 6.63. The lowest BCUT2D eigenvalue weighted by molar-refractivity contribution is -0.138. The summed E-state index contributed by atoms with van der Waals surface area (Å²) in [6.07, 6.45) is -4.48. The quantitative estimate of drug-likeness (QED) is 0.650. The monoisotopic (exact) mass is 306 g/mol. The lowest BCUT2D eigenvalue weighted by Crippen LogP contribution is -2.09. The highest BCUT2D eigenvalue weighted by molar-refractivity contribution is 9.10. The second kappa shape index (κ2) is 4.29. The van der Waals surface area contributed by atoms with Crippen molar-refractivity contribution in [3.63, 3.8) is 0 Å². The molecule has 0 fully saturated rings. The van der Waals surface area contributed by atoms with Gasteiger partial charge in [-0.2, -0.15) is 13.2 Å². The molecule has 0 amide bonds. The molecule has 6 heteroatoms. The summed E-state index contributed by atoms with van der Waals surface area (Å²) in [6, 6.07) is 2.74. The largest absolute Gasteiger partial charge is 0.418 e. The highest BCUT2D eigenvalue weighted by Crippen LogP contribution is 2.40. The van der Waals surface area contributed by atoms with E-state index in [0.717, 1.165) is 0 Å². The molecule has 0 bridgehead atoms. The average Bonchev–Trinajstić information content (AvgIpc) is 2.07. The van der Waals surface area contributed by atoms with Crippen molar-refractivity contribution in [1.82, 2.24) is 0 Å². The number of rotatable bonds is 1. The standard InChI is InChI=1S/C8H4BrCl2F3/c9-5-2-1-4(3-10)6(7(5)11)8(12,13)14/h1-2H,3H2. The van der Waals surface area contributed by atoms with Gasteiger partial charge in [-0.25, -0.2) is 0 Å². The second-order valence-corrected chi connectivity index (χ2v) is 4.03. The van der Waals surface area contributed by atoms with Crippen LogP contribution in [0.5, 0.6) is 0 Å². The Morgan fingerprint density at radius 1 is 1.29 bits per heavy atom. The van der Waals surface area contributed by atoms with Gasteiger partial charge in [0.1, 0.15) is 0 Å². The van der Waals surface area contributed by atoms with Gasteiger partial charge in [-0.15, -0.1) is 11.6 Å². The van der Waals surface area contributed by atoms with Gasteiger partial charge >= 0.3 is 6.18 Å². The van der Waals surface area contributed by atoms with Crippen LogP contribution in [-0.2, 0) is 12.1 Å². The van der Waals surface area contributed by atoms with Crippen LogP contribution in [0.3, 0.4) is 0 Å². The minimum Gasteiger partial charge on any atom is -0.166 e. The first-order valence-corrected chi connectivity index (χ1v) is 5.18. The van der Waals surface area contributed by atoms with Gasteiger partial charge < -0.3 is 0 Å². The van der Waals surface area contributed by atoms with Crippen LogP contribution in [-0.4, -0.2) is 0 Å². The zero-order valence-corrected chi connectivity index (χ0v) is 9.73. The van der Waals surface area contributed by atoms with Gasteiger partial charge in [0.2, 0.25) is 0 Å². The molecule has 0 aliphatic heterocycles. The lowest BCUT2D eigenvalue weighted by Gasteiger charge is -2.13. The highest BCUT2D eigenvalue weighted by Gasteiger charge is 2.36. The summed E-state index contributed by atoms with van der Waals surface area (Å²) in [4.78, 5) is 0. The Labute approximate surface area is 97.1 Å². The summed E-state index contributed by atoms with van der Waals surface area (Å²) in [6.45, 7) is 0. The van der Waals surface area contributed by atoms with Gasteiger partial charge in [0, 0.05) is 10.4 Å². The van der Waals surface area contributed by atoms with E-state index >= 15 is 0 Å². The first kappa shape index (κ1) is 12.1. The molecule has 0 saturated heterocycles. The van der Waals surface area contributed by atoms with Crippen molar-refractivity contribution in [1.29, 1.82) is 0 Å². The molecule has 0 aliphatic rings. The molecule has 0 radical (unpaired) electrons. The fraction of sp³-hybridized carbons (Fsp3) is 0.250. The van der Waals surface area contributed by atoms with E-state index in [1.807, 2.05) is 0 Å². The first-order chi connectivity index (χ1) is 6.38. The zero-order chi connectivity index (χ0) is 10.9. The third kappa shape index (κ3) is 2.35. The fourth-order valence-electron chi connectivity index (χ4n) is 1.01. The normalized spacial score (nSPS) is 11.9. The summed E-state index contributed by atoms with van der Waals surface area (Å²) in [7, 11) is 0. The van der Waals surface area contributed by atoms with E-state index in [9.17, 15) is 13.2 Å². The van der Waals surface area contributed by atoms with E-state index in [2.05, 4.69) is 15.9 Å². The van der Waals surface area contributed by atoms with Crippen LogP contribution in [0.15, 0.2) is 16.6 Å². The minimum absolute atomic E-state index is 0.0210. The van der Waals surface area contributed by atoms with E-state index < -0.39 is 11.7 Å². The SMILES string of the molecule is FC(F)(F)c1c(CCl)ccc(Br)c1Cl. The summed E-state index contributed by atoms with van der Waals surface area (Å²) in [5.74, 6) is -0.220. The van der Waals surface area contributed by atoms with Crippen LogP contribution in [0, 0.1) is 0 Å². The van der Waals surface area contributed by atoms with E-state index in [1.165, 1.54) is 12.1 Å². The van der Waals surface area contributed by atoms with Crippen molar-refractivity contribution >= 4 is 39.1 Å². The molecular formula is C8H4BrCl2F3. The van der Waals surface area contributed by atoms with Crippen LogP contribution in [0.2, 0.25) is 5.02 Å². The van der Waals surface area contributed by atoms with Crippen LogP contribution >= 0.6 is 39.1 Å². The maximum Gasteiger partial charge on any atom is 0.418 e. The number of alkyl halides is 4. The molecule has 0 nitrogen and oxygen atoms in total. The van der Waals surface area contributed by atoms with Gasteiger partial charge in [0.05, 0.1) is 10.6 Å². The smallest absolute Gasteiger partial charge is 0.166 e. The Morgan fingerprint density at radius 2 is 1.86 bits per heavy atom. The van der Waals surface area contributed by atoms with Crippen LogP contribution in [0.1, 0.15) is 11.1 Å². The van der Waals surface area contributed by atoms with Crippen LogP contribution in [0.25, 0.3) is 0 Å². The van der Waals surface area contributed by atoms with Crippen molar-refractivity contribution in [3.8, 4) is 0 Å². The van der Waals surface area contributed by atoms with Crippen molar-refractivity contribution in [2.45, 2.75) is 12.1 Å². The lowest BCUT2D eigenvalue weighted by atomic mass is 10.1. The summed E-state index contributed by atoms with van der Waals surface area (Å²) in [5, 5.41) is -0.351. The Kier molecular flexibility index (Phi) is 3.72. The Morgan fingerprint density at radius 3 is 2.29 bits per heavy atom. The predicted octanol–water partition coefficient (Wildman–Crippen LogP) is 4.86. The van der Waals surface area contributed by atoms with E-state index in [0.29, 0.717) is 0 Å². The molecule has 0 atom stereocenters. The third-order valence-corrected chi connectivity index (χ3v) is 3.18. The van der Waals surface area contributed by atoms with Crippen molar-refractivity contribution in [2.75, 3.05) is 0 Å². The van der Waals surface area contributed by atoms with Gasteiger partial charge in [-0.3, -0.25) is 0 Å². The van der Waals surface area contributed by atoms with E-state index in [1.54, 1.807) is 0 Å². The molecular weight excluding hydrogens is 304 g/mol. The molecule has 1 rings (SSSR count). The topological polar surface area (TPSA) is 0 Å². The molecule has 14 heavy (non-hydrogen) atoms. The molecule has 0 aliphatic carbocycles. The molecule has 0 aromatic heterocycles. The van der Waals surface area contributed by atoms with Gasteiger partial charge in [0.25, 0.3) is 0 Å². The molecule has 0 saturated carbocycles. The minimum atomic E-state index is -4.48. The number of benzene rings is 1. The molecule has 0 unspecified atom stereocenters. The molecule has 78 valence electrons. The number of halogens is 6. The average molecular weight is 308 g/mol. The number of hydrogen-bond donors (Lipinski definition) is 0. The van der Waals surface area contributed by atoms with E-state index in [-0.39, 0.29) is 20.9 Å². The number of hydrogen-bond acceptors (Lipinski definition) is 0. The summed E-state index contributed by atoms with van der Waals surface area (Å²) >= 11 is 13.9. The molecule has 1 aromatic carbocycles. The third-order valence-electron chi connectivity index (χ3n) is 1.61. The Bertz CT molecular complexity index is 349. The van der Waals surface area contributed by atoms with Crippen LogP contribution in [0.4, 0.5) is 13.2 Å².